The lowest BCUT2D eigenvalue weighted by Gasteiger charge is -2.39. The van der Waals surface area contributed by atoms with E-state index in [1.54, 1.807) is 33.5 Å². The van der Waals surface area contributed by atoms with Crippen LogP contribution in [-0.2, 0) is 14.2 Å². The van der Waals surface area contributed by atoms with Gasteiger partial charge < -0.3 is 53.6 Å². The second-order valence-electron chi connectivity index (χ2n) is 9.68. The van der Waals surface area contributed by atoms with Crippen LogP contribution in [0.4, 0.5) is 0 Å². The van der Waals surface area contributed by atoms with Crippen molar-refractivity contribution in [2.24, 2.45) is 11.8 Å². The minimum Gasteiger partial charge on any atom is -0.493 e. The zero-order chi connectivity index (χ0) is 27.0. The van der Waals surface area contributed by atoms with Gasteiger partial charge in [-0.05, 0) is 35.4 Å². The van der Waals surface area contributed by atoms with E-state index in [0.717, 1.165) is 11.1 Å². The highest BCUT2D eigenvalue weighted by atomic mass is 16.7. The zero-order valence-corrected chi connectivity index (χ0v) is 21.4. The van der Waals surface area contributed by atoms with Crippen molar-refractivity contribution in [1.29, 1.82) is 0 Å². The minimum absolute atomic E-state index is 0.132. The summed E-state index contributed by atoms with van der Waals surface area (Å²) in [5.41, 5.74) is 1.88. The Morgan fingerprint density at radius 2 is 1.34 bits per heavy atom. The Morgan fingerprint density at radius 1 is 0.763 bits per heavy atom. The number of hydrogen-bond donors (Lipinski definition) is 4. The van der Waals surface area contributed by atoms with Gasteiger partial charge >= 0.3 is 0 Å². The first-order chi connectivity index (χ1) is 18.4. The Hall–Kier alpha value is -2.64. The molecular formula is C27H34O11. The average Bonchev–Trinajstić information content (AvgIpc) is 3.55. The van der Waals surface area contributed by atoms with E-state index in [4.69, 9.17) is 33.2 Å². The molecule has 11 nitrogen and oxygen atoms in total. The van der Waals surface area contributed by atoms with E-state index in [1.807, 2.05) is 24.3 Å². The Morgan fingerprint density at radius 3 is 1.87 bits per heavy atom. The van der Waals surface area contributed by atoms with Crippen molar-refractivity contribution in [3.05, 3.63) is 47.5 Å². The van der Waals surface area contributed by atoms with Crippen LogP contribution in [0.25, 0.3) is 0 Å². The fourth-order valence-electron chi connectivity index (χ4n) is 5.54. The molecule has 3 saturated heterocycles. The van der Waals surface area contributed by atoms with Gasteiger partial charge in [0.1, 0.15) is 30.2 Å². The Balaban J connectivity index is 1.28. The molecule has 4 N–H and O–H groups in total. The van der Waals surface area contributed by atoms with Crippen molar-refractivity contribution in [2.75, 3.05) is 41.2 Å². The van der Waals surface area contributed by atoms with Crippen molar-refractivity contribution in [2.45, 2.75) is 42.9 Å². The van der Waals surface area contributed by atoms with Crippen molar-refractivity contribution in [3.63, 3.8) is 0 Å². The Kier molecular flexibility index (Phi) is 7.96. The molecule has 11 heteroatoms. The quantitative estimate of drug-likeness (QED) is 0.384. The first-order valence-electron chi connectivity index (χ1n) is 12.5. The maximum absolute atomic E-state index is 10.2. The molecule has 0 unspecified atom stereocenters. The van der Waals surface area contributed by atoms with E-state index >= 15 is 0 Å². The summed E-state index contributed by atoms with van der Waals surface area (Å²) in [6.07, 6.45) is -7.07. The first-order valence-corrected chi connectivity index (χ1v) is 12.5. The molecule has 0 radical (unpaired) electrons. The van der Waals surface area contributed by atoms with Crippen LogP contribution in [0.15, 0.2) is 36.4 Å². The van der Waals surface area contributed by atoms with E-state index in [1.165, 1.54) is 0 Å². The Bertz CT molecular complexity index is 1070. The van der Waals surface area contributed by atoms with Gasteiger partial charge in [-0.1, -0.05) is 12.1 Å². The molecule has 3 aliphatic heterocycles. The van der Waals surface area contributed by atoms with Crippen molar-refractivity contribution in [3.8, 4) is 23.0 Å². The van der Waals surface area contributed by atoms with E-state index in [9.17, 15) is 20.4 Å². The molecule has 3 aliphatic rings. The number of benzene rings is 2. The van der Waals surface area contributed by atoms with Crippen LogP contribution in [0.2, 0.25) is 0 Å². The zero-order valence-electron chi connectivity index (χ0n) is 21.4. The fourth-order valence-corrected chi connectivity index (χ4v) is 5.54. The topological polar surface area (TPSA) is 146 Å². The summed E-state index contributed by atoms with van der Waals surface area (Å²) in [4.78, 5) is 0. The highest BCUT2D eigenvalue weighted by molar-refractivity contribution is 5.54. The number of aliphatic hydroxyl groups excluding tert-OH is 4. The average molecular weight is 535 g/mol. The second-order valence-corrected chi connectivity index (χ2v) is 9.68. The van der Waals surface area contributed by atoms with Gasteiger partial charge in [0, 0.05) is 11.8 Å². The first kappa shape index (κ1) is 26.9. The molecule has 3 fully saturated rings. The molecule has 2 aromatic carbocycles. The molecular weight excluding hydrogens is 500 g/mol. The normalized spacial score (nSPS) is 34.6. The molecule has 2 aromatic rings. The lowest BCUT2D eigenvalue weighted by atomic mass is 9.85. The monoisotopic (exact) mass is 534 g/mol. The van der Waals surface area contributed by atoms with Gasteiger partial charge in [0.25, 0.3) is 0 Å². The molecule has 208 valence electrons. The number of rotatable bonds is 8. The molecule has 5 rings (SSSR count). The second kappa shape index (κ2) is 11.2. The molecule has 0 spiro atoms. The van der Waals surface area contributed by atoms with Crippen LogP contribution >= 0.6 is 0 Å². The van der Waals surface area contributed by atoms with Gasteiger partial charge in [-0.15, -0.1) is 0 Å². The van der Waals surface area contributed by atoms with Crippen LogP contribution in [0.5, 0.6) is 23.0 Å². The number of aliphatic hydroxyl groups is 4. The number of fused-ring (bicyclic) bond motifs is 1. The summed E-state index contributed by atoms with van der Waals surface area (Å²) in [7, 11) is 4.73. The predicted molar refractivity (Wildman–Crippen MR) is 131 cm³/mol. The third-order valence-electron chi connectivity index (χ3n) is 7.59. The summed E-state index contributed by atoms with van der Waals surface area (Å²) in [6, 6.07) is 11.0. The van der Waals surface area contributed by atoms with E-state index in [0.29, 0.717) is 36.2 Å². The van der Waals surface area contributed by atoms with Crippen LogP contribution < -0.4 is 18.9 Å². The molecule has 3 heterocycles. The van der Waals surface area contributed by atoms with Crippen molar-refractivity contribution in [1.82, 2.24) is 0 Å². The standard InChI is InChI=1S/C27H34O11/c1-32-18-8-14(9-19(33-2)26(18)34-3)25-17-12-35-24(16(17)11-36-25)13-4-6-15(7-5-13)37-27-23(31)22(30)21(29)20(10-28)38-27/h4-9,16-17,20-25,27-31H,10-12H2,1-3H3/t16-,17-,20-,21-,22+,23-,24-,25-,27-/m1/s1. The molecule has 0 aromatic heterocycles. The van der Waals surface area contributed by atoms with Gasteiger partial charge in [-0.2, -0.15) is 0 Å². The SMILES string of the molecule is COc1cc([C@H]2OC[C@@H]3[C@H]2CO[C@@H]3c2ccc(O[C@@H]3O[C@H](CO)[C@@H](O)[C@H](O)[C@H]3O)cc2)cc(OC)c1OC. The highest BCUT2D eigenvalue weighted by Crippen LogP contribution is 2.52. The number of methoxy groups -OCH3 is 3. The molecule has 0 bridgehead atoms. The van der Waals surface area contributed by atoms with Crippen molar-refractivity contribution < 1.29 is 53.6 Å². The molecule has 0 aliphatic carbocycles. The summed E-state index contributed by atoms with van der Waals surface area (Å²) < 4.78 is 40.0. The fraction of sp³-hybridized carbons (Fsp3) is 0.556. The van der Waals surface area contributed by atoms with E-state index in [-0.39, 0.29) is 24.0 Å². The predicted octanol–water partition coefficient (Wildman–Crippen LogP) is 0.966. The lowest BCUT2D eigenvalue weighted by Crippen LogP contribution is -2.60. The lowest BCUT2D eigenvalue weighted by molar-refractivity contribution is -0.277. The minimum atomic E-state index is -1.50. The highest BCUT2D eigenvalue weighted by Gasteiger charge is 2.48. The number of hydrogen-bond acceptors (Lipinski definition) is 11. The summed E-state index contributed by atoms with van der Waals surface area (Å²) in [6.45, 7) is 0.532. The van der Waals surface area contributed by atoms with E-state index in [2.05, 4.69) is 0 Å². The summed E-state index contributed by atoms with van der Waals surface area (Å²) in [5.74, 6) is 2.33. The van der Waals surface area contributed by atoms with Gasteiger partial charge in [0.2, 0.25) is 12.0 Å². The van der Waals surface area contributed by atoms with Crippen LogP contribution in [-0.4, -0.2) is 92.3 Å². The van der Waals surface area contributed by atoms with Crippen LogP contribution in [0.3, 0.4) is 0 Å². The third-order valence-corrected chi connectivity index (χ3v) is 7.59. The van der Waals surface area contributed by atoms with Gasteiger partial charge in [-0.25, -0.2) is 0 Å². The molecule has 0 saturated carbocycles. The Labute approximate surface area is 220 Å². The molecule has 38 heavy (non-hydrogen) atoms. The largest absolute Gasteiger partial charge is 0.493 e. The molecule has 9 atom stereocenters. The third kappa shape index (κ3) is 4.79. The maximum Gasteiger partial charge on any atom is 0.229 e. The van der Waals surface area contributed by atoms with Gasteiger partial charge in [0.05, 0.1) is 53.4 Å². The van der Waals surface area contributed by atoms with E-state index < -0.39 is 37.3 Å². The van der Waals surface area contributed by atoms with Gasteiger partial charge in [-0.3, -0.25) is 0 Å². The van der Waals surface area contributed by atoms with Crippen molar-refractivity contribution >= 4 is 0 Å². The molecule has 0 amide bonds. The maximum atomic E-state index is 10.2. The summed E-state index contributed by atoms with van der Waals surface area (Å²) in [5, 5.41) is 39.5. The van der Waals surface area contributed by atoms with Crippen LogP contribution in [0, 0.1) is 11.8 Å². The van der Waals surface area contributed by atoms with Gasteiger partial charge in [0.15, 0.2) is 11.5 Å². The number of ether oxygens (including phenoxy) is 7. The van der Waals surface area contributed by atoms with Crippen LogP contribution in [0.1, 0.15) is 23.3 Å². The summed E-state index contributed by atoms with van der Waals surface area (Å²) >= 11 is 0. The smallest absolute Gasteiger partial charge is 0.229 e.